The normalized spacial score (nSPS) is 11.5. The van der Waals surface area contributed by atoms with Gasteiger partial charge in [-0.3, -0.25) is 0 Å². The molecule has 6 nitrogen and oxygen atoms in total. The van der Waals surface area contributed by atoms with Crippen molar-refractivity contribution in [2.45, 2.75) is 31.7 Å². The Morgan fingerprint density at radius 1 is 1.29 bits per heavy atom. The first-order valence-corrected chi connectivity index (χ1v) is 8.85. The minimum atomic E-state index is -0.204. The van der Waals surface area contributed by atoms with Crippen molar-refractivity contribution >= 4 is 17.7 Å². The Morgan fingerprint density at radius 2 is 2.08 bits per heavy atom. The van der Waals surface area contributed by atoms with Gasteiger partial charge in [-0.2, -0.15) is 4.98 Å². The van der Waals surface area contributed by atoms with E-state index in [4.69, 9.17) is 4.52 Å². The Kier molecular flexibility index (Phi) is 7.54. The maximum absolute atomic E-state index is 12.8. The van der Waals surface area contributed by atoms with E-state index in [1.54, 1.807) is 30.8 Å². The van der Waals surface area contributed by atoms with Gasteiger partial charge in [-0.1, -0.05) is 5.16 Å². The molecule has 24 heavy (non-hydrogen) atoms. The minimum Gasteiger partial charge on any atom is -0.357 e. The van der Waals surface area contributed by atoms with E-state index in [-0.39, 0.29) is 5.82 Å². The maximum Gasteiger partial charge on any atom is 0.223 e. The van der Waals surface area contributed by atoms with Crippen molar-refractivity contribution in [3.8, 4) is 0 Å². The fourth-order valence-corrected chi connectivity index (χ4v) is 2.75. The summed E-state index contributed by atoms with van der Waals surface area (Å²) in [5, 5.41) is 10.3. The Morgan fingerprint density at radius 3 is 2.75 bits per heavy atom. The molecule has 0 atom stereocenters. The number of aryl methyl sites for hydroxylation is 1. The highest BCUT2D eigenvalue weighted by Gasteiger charge is 2.02. The van der Waals surface area contributed by atoms with Gasteiger partial charge < -0.3 is 15.2 Å². The summed E-state index contributed by atoms with van der Waals surface area (Å²) in [6.45, 7) is 5.71. The van der Waals surface area contributed by atoms with Crippen molar-refractivity contribution < 1.29 is 8.91 Å². The predicted molar refractivity (Wildman–Crippen MR) is 93.6 cm³/mol. The molecule has 0 amide bonds. The van der Waals surface area contributed by atoms with Crippen LogP contribution in [0.15, 0.2) is 38.7 Å². The lowest BCUT2D eigenvalue weighted by molar-refractivity contribution is 0.387. The van der Waals surface area contributed by atoms with Crippen LogP contribution in [-0.4, -0.2) is 34.9 Å². The van der Waals surface area contributed by atoms with Crippen molar-refractivity contribution in [3.05, 3.63) is 41.8 Å². The molecule has 2 N–H and O–H groups in total. The maximum atomic E-state index is 12.8. The van der Waals surface area contributed by atoms with Crippen molar-refractivity contribution in [1.82, 2.24) is 20.8 Å². The molecule has 1 aromatic heterocycles. The van der Waals surface area contributed by atoms with Gasteiger partial charge in [-0.05, 0) is 43.4 Å². The zero-order valence-electron chi connectivity index (χ0n) is 13.9. The van der Waals surface area contributed by atoms with Crippen LogP contribution in [-0.2, 0) is 6.54 Å². The van der Waals surface area contributed by atoms with Crippen LogP contribution in [0.5, 0.6) is 0 Å². The summed E-state index contributed by atoms with van der Waals surface area (Å²) in [5.74, 6) is 2.57. The molecule has 0 spiro atoms. The number of nitrogens with zero attached hydrogens (tertiary/aromatic N) is 3. The molecular weight excluding hydrogens is 329 g/mol. The second-order valence-corrected chi connectivity index (χ2v) is 6.18. The average Bonchev–Trinajstić information content (AvgIpc) is 2.99. The smallest absolute Gasteiger partial charge is 0.223 e. The van der Waals surface area contributed by atoms with Crippen LogP contribution in [0.2, 0.25) is 0 Å². The van der Waals surface area contributed by atoms with Crippen LogP contribution in [0, 0.1) is 12.7 Å². The number of guanidine groups is 1. The summed E-state index contributed by atoms with van der Waals surface area (Å²) < 4.78 is 17.8. The molecule has 0 aliphatic heterocycles. The van der Waals surface area contributed by atoms with Gasteiger partial charge >= 0.3 is 0 Å². The number of aromatic nitrogens is 2. The van der Waals surface area contributed by atoms with Crippen molar-refractivity contribution in [3.63, 3.8) is 0 Å². The van der Waals surface area contributed by atoms with Crippen LogP contribution < -0.4 is 10.6 Å². The summed E-state index contributed by atoms with van der Waals surface area (Å²) in [5.41, 5.74) is 0. The number of rotatable bonds is 8. The second-order valence-electron chi connectivity index (χ2n) is 5.01. The van der Waals surface area contributed by atoms with Gasteiger partial charge in [0.25, 0.3) is 0 Å². The quantitative estimate of drug-likeness (QED) is 0.330. The fraction of sp³-hybridized carbons (Fsp3) is 0.438. The molecule has 0 aliphatic rings. The van der Waals surface area contributed by atoms with Crippen LogP contribution in [0.3, 0.4) is 0 Å². The zero-order valence-corrected chi connectivity index (χ0v) is 14.7. The summed E-state index contributed by atoms with van der Waals surface area (Å²) in [6, 6.07) is 6.56. The Balaban J connectivity index is 1.69. The summed E-state index contributed by atoms with van der Waals surface area (Å²) >= 11 is 1.71. The minimum absolute atomic E-state index is 0.204. The fourth-order valence-electron chi connectivity index (χ4n) is 1.90. The zero-order chi connectivity index (χ0) is 17.2. The Hall–Kier alpha value is -2.09. The number of hydrogen-bond acceptors (Lipinski definition) is 5. The van der Waals surface area contributed by atoms with Crippen LogP contribution in [0.25, 0.3) is 0 Å². The molecule has 2 rings (SSSR count). The largest absolute Gasteiger partial charge is 0.357 e. The van der Waals surface area contributed by atoms with Crippen molar-refractivity contribution in [2.75, 3.05) is 18.8 Å². The molecule has 0 aliphatic carbocycles. The lowest BCUT2D eigenvalue weighted by Gasteiger charge is -2.10. The van der Waals surface area contributed by atoms with Gasteiger partial charge in [0.05, 0.1) is 0 Å². The standard InChI is InChI=1S/C16H22FN5OS/c1-3-18-16(20-11-15-21-12(2)23-22-15)19-9-4-10-24-14-7-5-13(17)6-8-14/h5-8H,3-4,9-11H2,1-2H3,(H2,18,19,20). The number of halogens is 1. The molecule has 130 valence electrons. The molecule has 0 bridgehead atoms. The summed E-state index contributed by atoms with van der Waals surface area (Å²) in [7, 11) is 0. The molecular formula is C16H22FN5OS. The van der Waals surface area contributed by atoms with Crippen molar-refractivity contribution in [2.24, 2.45) is 4.99 Å². The lowest BCUT2D eigenvalue weighted by Crippen LogP contribution is -2.37. The third kappa shape index (κ3) is 6.57. The summed E-state index contributed by atoms with van der Waals surface area (Å²) in [6.07, 6.45) is 0.966. The van der Waals surface area contributed by atoms with E-state index in [0.29, 0.717) is 18.3 Å². The third-order valence-corrected chi connectivity index (χ3v) is 4.09. The Bertz CT molecular complexity index is 644. The molecule has 0 radical (unpaired) electrons. The molecule has 2 aromatic rings. The monoisotopic (exact) mass is 351 g/mol. The molecule has 0 saturated carbocycles. The van der Waals surface area contributed by atoms with Crippen molar-refractivity contribution in [1.29, 1.82) is 0 Å². The van der Waals surface area contributed by atoms with Gasteiger partial charge in [-0.25, -0.2) is 9.38 Å². The van der Waals surface area contributed by atoms with E-state index < -0.39 is 0 Å². The molecule has 1 heterocycles. The number of benzene rings is 1. The van der Waals surface area contributed by atoms with E-state index in [9.17, 15) is 4.39 Å². The SMILES string of the molecule is CCNC(=NCc1noc(C)n1)NCCCSc1ccc(F)cc1. The first-order valence-electron chi connectivity index (χ1n) is 7.87. The van der Waals surface area contributed by atoms with Crippen LogP contribution >= 0.6 is 11.8 Å². The third-order valence-electron chi connectivity index (χ3n) is 2.99. The molecule has 8 heteroatoms. The van der Waals surface area contributed by atoms with E-state index in [1.165, 1.54) is 12.1 Å². The number of thioether (sulfide) groups is 1. The molecule has 0 saturated heterocycles. The van der Waals surface area contributed by atoms with Gasteiger partial charge in [0.2, 0.25) is 5.89 Å². The number of hydrogen-bond donors (Lipinski definition) is 2. The molecule has 0 fully saturated rings. The molecule has 0 unspecified atom stereocenters. The van der Waals surface area contributed by atoms with Crippen LogP contribution in [0.4, 0.5) is 4.39 Å². The highest BCUT2D eigenvalue weighted by atomic mass is 32.2. The van der Waals surface area contributed by atoms with Gasteiger partial charge in [0.1, 0.15) is 12.4 Å². The molecule has 1 aromatic carbocycles. The van der Waals surface area contributed by atoms with E-state index >= 15 is 0 Å². The van der Waals surface area contributed by atoms with E-state index in [0.717, 1.165) is 36.1 Å². The summed E-state index contributed by atoms with van der Waals surface area (Å²) in [4.78, 5) is 9.62. The van der Waals surface area contributed by atoms with Gasteiger partial charge in [-0.15, -0.1) is 11.8 Å². The number of aliphatic imine (C=N–C) groups is 1. The topological polar surface area (TPSA) is 75.3 Å². The number of nitrogens with one attached hydrogen (secondary N) is 2. The van der Waals surface area contributed by atoms with Crippen LogP contribution in [0.1, 0.15) is 25.1 Å². The van der Waals surface area contributed by atoms with Gasteiger partial charge in [0, 0.05) is 24.9 Å². The Labute approximate surface area is 145 Å². The van der Waals surface area contributed by atoms with E-state index in [2.05, 4.69) is 25.8 Å². The van der Waals surface area contributed by atoms with Gasteiger partial charge in [0.15, 0.2) is 11.8 Å². The highest BCUT2D eigenvalue weighted by Crippen LogP contribution is 2.18. The first kappa shape index (κ1) is 18.3. The lowest BCUT2D eigenvalue weighted by atomic mass is 10.4. The first-order chi connectivity index (χ1) is 11.7. The predicted octanol–water partition coefficient (Wildman–Crippen LogP) is 2.75. The second kappa shape index (κ2) is 9.92. The van der Waals surface area contributed by atoms with E-state index in [1.807, 2.05) is 6.92 Å². The highest BCUT2D eigenvalue weighted by molar-refractivity contribution is 7.99. The average molecular weight is 351 g/mol.